The molecule has 128 valence electrons. The van der Waals surface area contributed by atoms with Crippen LogP contribution in [0.4, 0.5) is 0 Å². The van der Waals surface area contributed by atoms with E-state index in [1.807, 2.05) is 24.3 Å². The minimum atomic E-state index is -0.0978. The molecule has 0 aliphatic carbocycles. The Kier molecular flexibility index (Phi) is 5.11. The maximum Gasteiger partial charge on any atom is 0.268 e. The first-order valence-electron chi connectivity index (χ1n) is 7.95. The second-order valence-electron chi connectivity index (χ2n) is 6.22. The zero-order chi connectivity index (χ0) is 18.1. The molecule has 3 aromatic rings. The van der Waals surface area contributed by atoms with Crippen molar-refractivity contribution in [3.8, 4) is 11.4 Å². The lowest BCUT2D eigenvalue weighted by atomic mass is 9.99. The molecule has 0 saturated carbocycles. The van der Waals surface area contributed by atoms with Gasteiger partial charge in [0.2, 0.25) is 0 Å². The molecule has 0 radical (unpaired) electrons. The van der Waals surface area contributed by atoms with Crippen LogP contribution < -0.4 is 5.56 Å². The Morgan fingerprint density at radius 3 is 2.28 bits per heavy atom. The third-order valence-electron chi connectivity index (χ3n) is 4.16. The van der Waals surface area contributed by atoms with Crippen LogP contribution in [0.1, 0.15) is 22.3 Å². The van der Waals surface area contributed by atoms with Crippen LogP contribution >= 0.6 is 27.5 Å². The summed E-state index contributed by atoms with van der Waals surface area (Å²) in [5, 5.41) is 0.675. The van der Waals surface area contributed by atoms with Crippen LogP contribution in [0.3, 0.4) is 0 Å². The number of benzene rings is 2. The molecular formula is C20H18BrClN2O. The molecule has 0 fully saturated rings. The molecule has 1 heterocycles. The largest absolute Gasteiger partial charge is 0.287 e. The molecule has 5 heteroatoms. The molecule has 3 rings (SSSR count). The smallest absolute Gasteiger partial charge is 0.268 e. The number of hydrogen-bond donors (Lipinski definition) is 0. The first-order valence-corrected chi connectivity index (χ1v) is 9.12. The van der Waals surface area contributed by atoms with E-state index in [2.05, 4.69) is 53.8 Å². The van der Waals surface area contributed by atoms with E-state index in [9.17, 15) is 4.79 Å². The number of aromatic nitrogens is 2. The van der Waals surface area contributed by atoms with Crippen molar-refractivity contribution in [2.45, 2.75) is 27.3 Å². The number of nitrogens with zero attached hydrogens (tertiary/aromatic N) is 2. The number of aryl methyl sites for hydroxylation is 3. The maximum absolute atomic E-state index is 12.8. The molecule has 0 atom stereocenters. The third kappa shape index (κ3) is 3.70. The van der Waals surface area contributed by atoms with Crippen LogP contribution in [0.15, 0.2) is 51.9 Å². The Labute approximate surface area is 160 Å². The van der Waals surface area contributed by atoms with Crippen LogP contribution in [0.5, 0.6) is 0 Å². The Balaban J connectivity index is 2.20. The minimum absolute atomic E-state index is 0.0978. The molecule has 25 heavy (non-hydrogen) atoms. The Morgan fingerprint density at radius 1 is 1.08 bits per heavy atom. The summed E-state index contributed by atoms with van der Waals surface area (Å²) in [6.07, 6.45) is 1.58. The quantitative estimate of drug-likeness (QED) is 0.579. The minimum Gasteiger partial charge on any atom is -0.287 e. The van der Waals surface area contributed by atoms with Crippen LogP contribution in [0.25, 0.3) is 11.4 Å². The Hall–Kier alpha value is -1.91. The highest BCUT2D eigenvalue weighted by Gasteiger charge is 2.15. The predicted octanol–water partition coefficient (Wildman–Crippen LogP) is 5.30. The lowest BCUT2D eigenvalue weighted by molar-refractivity contribution is 0.741. The molecule has 0 amide bonds. The number of hydrogen-bond acceptors (Lipinski definition) is 2. The van der Waals surface area contributed by atoms with Gasteiger partial charge in [-0.2, -0.15) is 0 Å². The summed E-state index contributed by atoms with van der Waals surface area (Å²) >= 11 is 9.28. The topological polar surface area (TPSA) is 34.9 Å². The van der Waals surface area contributed by atoms with Gasteiger partial charge in [-0.05, 0) is 65.5 Å². The van der Waals surface area contributed by atoms with Gasteiger partial charge < -0.3 is 0 Å². The molecule has 0 bridgehead atoms. The van der Waals surface area contributed by atoms with Gasteiger partial charge in [0.05, 0.1) is 6.54 Å². The molecule has 3 nitrogen and oxygen atoms in total. The highest BCUT2D eigenvalue weighted by molar-refractivity contribution is 9.10. The van der Waals surface area contributed by atoms with E-state index in [0.29, 0.717) is 21.9 Å². The van der Waals surface area contributed by atoms with E-state index in [4.69, 9.17) is 11.6 Å². The monoisotopic (exact) mass is 416 g/mol. The van der Waals surface area contributed by atoms with Gasteiger partial charge in [0.1, 0.15) is 10.3 Å². The molecule has 0 unspecified atom stereocenters. The molecule has 2 aromatic carbocycles. The normalized spacial score (nSPS) is 10.9. The predicted molar refractivity (Wildman–Crippen MR) is 106 cm³/mol. The van der Waals surface area contributed by atoms with Crippen LogP contribution in [-0.2, 0) is 6.54 Å². The molecule has 0 spiro atoms. The zero-order valence-electron chi connectivity index (χ0n) is 14.3. The lowest BCUT2D eigenvalue weighted by Gasteiger charge is -2.17. The fourth-order valence-corrected chi connectivity index (χ4v) is 3.56. The first-order chi connectivity index (χ1) is 11.9. The molecule has 0 aliphatic heterocycles. The van der Waals surface area contributed by atoms with E-state index >= 15 is 0 Å². The van der Waals surface area contributed by atoms with E-state index in [1.54, 1.807) is 10.8 Å². The summed E-state index contributed by atoms with van der Waals surface area (Å²) in [4.78, 5) is 17.3. The van der Waals surface area contributed by atoms with Crippen molar-refractivity contribution in [3.63, 3.8) is 0 Å². The molecule has 0 N–H and O–H groups in total. The fourth-order valence-electron chi connectivity index (χ4n) is 3.12. The van der Waals surface area contributed by atoms with Gasteiger partial charge in [-0.1, -0.05) is 41.4 Å². The molecule has 0 saturated heterocycles. The van der Waals surface area contributed by atoms with E-state index in [0.717, 1.165) is 22.3 Å². The van der Waals surface area contributed by atoms with Crippen molar-refractivity contribution in [1.82, 2.24) is 9.55 Å². The average Bonchev–Trinajstić information content (AvgIpc) is 2.55. The first kappa shape index (κ1) is 17.9. The Morgan fingerprint density at radius 2 is 1.68 bits per heavy atom. The van der Waals surface area contributed by atoms with Crippen molar-refractivity contribution in [1.29, 1.82) is 0 Å². The standard InChI is InChI=1S/C20H18BrClN2O/c1-12-8-13(2)18(14(3)9-12)19-23-10-17(21)20(25)24(19)11-15-4-6-16(22)7-5-15/h4-10H,11H2,1-3H3. The van der Waals surface area contributed by atoms with Crippen LogP contribution in [-0.4, -0.2) is 9.55 Å². The van der Waals surface area contributed by atoms with Crippen molar-refractivity contribution in [3.05, 3.63) is 84.7 Å². The summed E-state index contributed by atoms with van der Waals surface area (Å²) in [5.74, 6) is 0.679. The highest BCUT2D eigenvalue weighted by atomic mass is 79.9. The number of halogens is 2. The van der Waals surface area contributed by atoms with Crippen molar-refractivity contribution in [2.24, 2.45) is 0 Å². The average molecular weight is 418 g/mol. The Bertz CT molecular complexity index is 971. The van der Waals surface area contributed by atoms with Gasteiger partial charge in [-0.3, -0.25) is 9.36 Å². The fraction of sp³-hybridized carbons (Fsp3) is 0.200. The van der Waals surface area contributed by atoms with Gasteiger partial charge in [0.15, 0.2) is 0 Å². The van der Waals surface area contributed by atoms with Gasteiger partial charge in [0, 0.05) is 16.8 Å². The van der Waals surface area contributed by atoms with Gasteiger partial charge in [-0.15, -0.1) is 0 Å². The lowest BCUT2D eigenvalue weighted by Crippen LogP contribution is -2.24. The van der Waals surface area contributed by atoms with Gasteiger partial charge >= 0.3 is 0 Å². The van der Waals surface area contributed by atoms with E-state index < -0.39 is 0 Å². The number of rotatable bonds is 3. The van der Waals surface area contributed by atoms with Crippen molar-refractivity contribution in [2.75, 3.05) is 0 Å². The summed E-state index contributed by atoms with van der Waals surface area (Å²) in [7, 11) is 0. The van der Waals surface area contributed by atoms with Gasteiger partial charge in [-0.25, -0.2) is 4.98 Å². The summed E-state index contributed by atoms with van der Waals surface area (Å²) in [5.41, 5.74) is 5.31. The molecular weight excluding hydrogens is 400 g/mol. The van der Waals surface area contributed by atoms with Crippen molar-refractivity contribution < 1.29 is 0 Å². The maximum atomic E-state index is 12.8. The van der Waals surface area contributed by atoms with E-state index in [1.165, 1.54) is 5.56 Å². The molecule has 0 aliphatic rings. The molecule has 1 aromatic heterocycles. The van der Waals surface area contributed by atoms with E-state index in [-0.39, 0.29) is 5.56 Å². The van der Waals surface area contributed by atoms with Crippen LogP contribution in [0.2, 0.25) is 5.02 Å². The second-order valence-corrected chi connectivity index (χ2v) is 7.51. The van der Waals surface area contributed by atoms with Crippen molar-refractivity contribution >= 4 is 27.5 Å². The van der Waals surface area contributed by atoms with Gasteiger partial charge in [0.25, 0.3) is 5.56 Å². The SMILES string of the molecule is Cc1cc(C)c(-c2ncc(Br)c(=O)n2Cc2ccc(Cl)cc2)c(C)c1. The second kappa shape index (κ2) is 7.14. The summed E-state index contributed by atoms with van der Waals surface area (Å²) in [6.45, 7) is 6.61. The summed E-state index contributed by atoms with van der Waals surface area (Å²) in [6, 6.07) is 11.7. The summed E-state index contributed by atoms with van der Waals surface area (Å²) < 4.78 is 2.16. The highest BCUT2D eigenvalue weighted by Crippen LogP contribution is 2.27. The van der Waals surface area contributed by atoms with Crippen LogP contribution in [0, 0.1) is 20.8 Å². The third-order valence-corrected chi connectivity index (χ3v) is 4.96. The zero-order valence-corrected chi connectivity index (χ0v) is 16.6.